The van der Waals surface area contributed by atoms with Gasteiger partial charge in [0.15, 0.2) is 0 Å². The molecule has 0 aliphatic heterocycles. The highest BCUT2D eigenvalue weighted by Crippen LogP contribution is 2.29. The first-order valence-electron chi connectivity index (χ1n) is 5.80. The first-order valence-corrected chi connectivity index (χ1v) is 7.09. The molecule has 0 aromatic heterocycles. The molecule has 1 fully saturated rings. The number of nitrogens with two attached hydrogens (primary N) is 1. The van der Waals surface area contributed by atoms with Crippen LogP contribution in [0.1, 0.15) is 46.5 Å². The van der Waals surface area contributed by atoms with E-state index in [4.69, 9.17) is 5.73 Å². The summed E-state index contributed by atoms with van der Waals surface area (Å²) in [5.41, 5.74) is 6.03. The summed E-state index contributed by atoms with van der Waals surface area (Å²) in [4.78, 5) is 4.69. The van der Waals surface area contributed by atoms with Crippen LogP contribution >= 0.6 is 11.8 Å². The molecule has 0 amide bonds. The molecule has 2 unspecified atom stereocenters. The number of amidine groups is 1. The highest BCUT2D eigenvalue weighted by molar-refractivity contribution is 7.99. The molecule has 88 valence electrons. The minimum Gasteiger partial charge on any atom is -0.387 e. The van der Waals surface area contributed by atoms with Crippen LogP contribution in [0.4, 0.5) is 0 Å². The molecular weight excluding hydrogens is 204 g/mol. The van der Waals surface area contributed by atoms with E-state index in [-0.39, 0.29) is 5.41 Å². The van der Waals surface area contributed by atoms with E-state index in [0.29, 0.717) is 6.04 Å². The molecule has 1 saturated carbocycles. The van der Waals surface area contributed by atoms with Crippen LogP contribution in [0.15, 0.2) is 4.99 Å². The quantitative estimate of drug-likeness (QED) is 0.583. The lowest BCUT2D eigenvalue weighted by Crippen LogP contribution is -2.32. The third-order valence-electron chi connectivity index (χ3n) is 3.02. The molecule has 1 aliphatic carbocycles. The van der Waals surface area contributed by atoms with Gasteiger partial charge >= 0.3 is 0 Å². The van der Waals surface area contributed by atoms with Gasteiger partial charge in [0.1, 0.15) is 0 Å². The number of nitrogens with zero attached hydrogens (tertiary/aromatic N) is 1. The van der Waals surface area contributed by atoms with Crippen molar-refractivity contribution in [2.24, 2.45) is 16.1 Å². The molecule has 0 aromatic rings. The molecule has 0 radical (unpaired) electrons. The second-order valence-electron chi connectivity index (χ2n) is 5.44. The monoisotopic (exact) mass is 228 g/mol. The predicted molar refractivity (Wildman–Crippen MR) is 70.6 cm³/mol. The summed E-state index contributed by atoms with van der Waals surface area (Å²) in [6, 6.07) is 0.468. The molecule has 0 heterocycles. The Morgan fingerprint density at radius 3 is 2.53 bits per heavy atom. The van der Waals surface area contributed by atoms with Gasteiger partial charge in [-0.05, 0) is 25.5 Å². The van der Waals surface area contributed by atoms with Crippen LogP contribution in [-0.4, -0.2) is 23.4 Å². The zero-order chi connectivity index (χ0) is 11.5. The van der Waals surface area contributed by atoms with Crippen LogP contribution < -0.4 is 5.73 Å². The van der Waals surface area contributed by atoms with Gasteiger partial charge in [0.2, 0.25) is 0 Å². The van der Waals surface area contributed by atoms with Crippen molar-refractivity contribution in [3.63, 3.8) is 0 Å². The van der Waals surface area contributed by atoms with E-state index in [0.717, 1.165) is 11.1 Å². The van der Waals surface area contributed by atoms with Crippen molar-refractivity contribution in [1.29, 1.82) is 0 Å². The molecule has 1 rings (SSSR count). The number of rotatable bonds is 2. The fourth-order valence-corrected chi connectivity index (χ4v) is 2.66. The molecule has 15 heavy (non-hydrogen) atoms. The first-order chi connectivity index (χ1) is 6.93. The molecular formula is C12H24N2S. The maximum atomic E-state index is 6.01. The SMILES string of the molecule is CSC1CCCC(N=C(N)C(C)(C)C)C1. The van der Waals surface area contributed by atoms with Crippen molar-refractivity contribution >= 4 is 17.6 Å². The summed E-state index contributed by atoms with van der Waals surface area (Å²) in [5, 5.41) is 0.792. The lowest BCUT2D eigenvalue weighted by molar-refractivity contribution is 0.447. The van der Waals surface area contributed by atoms with E-state index >= 15 is 0 Å². The Kier molecular flexibility index (Phi) is 4.50. The molecule has 2 atom stereocenters. The van der Waals surface area contributed by atoms with Crippen LogP contribution in [0, 0.1) is 5.41 Å². The van der Waals surface area contributed by atoms with E-state index in [1.807, 2.05) is 11.8 Å². The Morgan fingerprint density at radius 2 is 2.00 bits per heavy atom. The third-order valence-corrected chi connectivity index (χ3v) is 4.12. The van der Waals surface area contributed by atoms with Crippen molar-refractivity contribution in [3.8, 4) is 0 Å². The van der Waals surface area contributed by atoms with Crippen molar-refractivity contribution < 1.29 is 0 Å². The van der Waals surface area contributed by atoms with Gasteiger partial charge in [-0.3, -0.25) is 4.99 Å². The molecule has 0 saturated heterocycles. The van der Waals surface area contributed by atoms with Crippen LogP contribution in [0.25, 0.3) is 0 Å². The second kappa shape index (κ2) is 5.24. The number of aliphatic imine (C=N–C) groups is 1. The smallest absolute Gasteiger partial charge is 0.0994 e. The molecule has 0 aromatic carbocycles. The van der Waals surface area contributed by atoms with Gasteiger partial charge in [0.25, 0.3) is 0 Å². The standard InChI is InChI=1S/C12H24N2S/c1-12(2,3)11(13)14-9-6-5-7-10(8-9)15-4/h9-10H,5-8H2,1-4H3,(H2,13,14). The lowest BCUT2D eigenvalue weighted by atomic mass is 9.92. The number of hydrogen-bond acceptors (Lipinski definition) is 2. The van der Waals surface area contributed by atoms with Crippen molar-refractivity contribution in [2.45, 2.75) is 57.7 Å². The molecule has 1 aliphatic rings. The minimum absolute atomic E-state index is 0.0201. The first kappa shape index (κ1) is 12.9. The molecule has 0 bridgehead atoms. The van der Waals surface area contributed by atoms with E-state index in [9.17, 15) is 0 Å². The summed E-state index contributed by atoms with van der Waals surface area (Å²) in [7, 11) is 0. The summed E-state index contributed by atoms with van der Waals surface area (Å²) in [6.45, 7) is 6.38. The Hall–Kier alpha value is -0.180. The van der Waals surface area contributed by atoms with Crippen molar-refractivity contribution in [2.75, 3.05) is 6.26 Å². The normalized spacial score (nSPS) is 29.2. The zero-order valence-electron chi connectivity index (χ0n) is 10.4. The third kappa shape index (κ3) is 4.06. The summed E-state index contributed by atoms with van der Waals surface area (Å²) < 4.78 is 0. The van der Waals surface area contributed by atoms with E-state index in [1.54, 1.807) is 0 Å². The maximum absolute atomic E-state index is 6.01. The Morgan fingerprint density at radius 1 is 1.33 bits per heavy atom. The highest BCUT2D eigenvalue weighted by Gasteiger charge is 2.23. The van der Waals surface area contributed by atoms with Gasteiger partial charge in [-0.2, -0.15) is 11.8 Å². The Bertz CT molecular complexity index is 230. The van der Waals surface area contributed by atoms with Crippen LogP contribution in [0.5, 0.6) is 0 Å². The fraction of sp³-hybridized carbons (Fsp3) is 0.917. The predicted octanol–water partition coefficient (Wildman–Crippen LogP) is 3.06. The summed E-state index contributed by atoms with van der Waals surface area (Å²) >= 11 is 1.97. The van der Waals surface area contributed by atoms with E-state index in [1.165, 1.54) is 25.7 Å². The minimum atomic E-state index is 0.0201. The van der Waals surface area contributed by atoms with Crippen LogP contribution in [-0.2, 0) is 0 Å². The van der Waals surface area contributed by atoms with Crippen molar-refractivity contribution in [3.05, 3.63) is 0 Å². The van der Waals surface area contributed by atoms with Crippen molar-refractivity contribution in [1.82, 2.24) is 0 Å². The fourth-order valence-electron chi connectivity index (χ4n) is 1.84. The molecule has 0 spiro atoms. The van der Waals surface area contributed by atoms with Gasteiger partial charge in [0.05, 0.1) is 11.9 Å². The maximum Gasteiger partial charge on any atom is 0.0994 e. The second-order valence-corrected chi connectivity index (χ2v) is 6.58. The summed E-state index contributed by atoms with van der Waals surface area (Å²) in [5.74, 6) is 0.814. The van der Waals surface area contributed by atoms with Gasteiger partial charge < -0.3 is 5.73 Å². The molecule has 3 heteroatoms. The average molecular weight is 228 g/mol. The van der Waals surface area contributed by atoms with Crippen LogP contribution in [0.3, 0.4) is 0 Å². The average Bonchev–Trinajstić information content (AvgIpc) is 2.16. The molecule has 2 nitrogen and oxygen atoms in total. The van der Waals surface area contributed by atoms with Gasteiger partial charge in [-0.15, -0.1) is 0 Å². The van der Waals surface area contributed by atoms with Gasteiger partial charge in [0, 0.05) is 10.7 Å². The van der Waals surface area contributed by atoms with E-state index < -0.39 is 0 Å². The van der Waals surface area contributed by atoms with Crippen LogP contribution in [0.2, 0.25) is 0 Å². The molecule has 2 N–H and O–H groups in total. The van der Waals surface area contributed by atoms with Gasteiger partial charge in [-0.25, -0.2) is 0 Å². The number of hydrogen-bond donors (Lipinski definition) is 1. The van der Waals surface area contributed by atoms with Gasteiger partial charge in [-0.1, -0.05) is 27.2 Å². The zero-order valence-corrected chi connectivity index (χ0v) is 11.2. The van der Waals surface area contributed by atoms with E-state index in [2.05, 4.69) is 32.0 Å². The number of thioether (sulfide) groups is 1. The largest absolute Gasteiger partial charge is 0.387 e. The highest BCUT2D eigenvalue weighted by atomic mass is 32.2. The summed E-state index contributed by atoms with van der Waals surface area (Å²) in [6.07, 6.45) is 7.27. The Balaban J connectivity index is 2.57. The Labute approximate surface area is 98.1 Å². The topological polar surface area (TPSA) is 38.4 Å². The lowest BCUT2D eigenvalue weighted by Gasteiger charge is -2.27.